The van der Waals surface area contributed by atoms with Gasteiger partial charge in [0.25, 0.3) is 0 Å². The molecule has 1 saturated heterocycles. The molecule has 6 nitrogen and oxygen atoms in total. The molecular formula is C17H19ClN2O4. The minimum absolute atomic E-state index is 0.133. The molecule has 7 heteroatoms. The fourth-order valence-electron chi connectivity index (χ4n) is 2.90. The Morgan fingerprint density at radius 1 is 1.42 bits per heavy atom. The Hall–Kier alpha value is -1.79. The molecule has 128 valence electrons. The van der Waals surface area contributed by atoms with Crippen LogP contribution < -0.4 is 4.74 Å². The van der Waals surface area contributed by atoms with Crippen LogP contribution in [0.5, 0.6) is 5.75 Å². The Balaban J connectivity index is 1.78. The molecule has 0 radical (unpaired) electrons. The van der Waals surface area contributed by atoms with E-state index in [1.165, 1.54) is 12.8 Å². The number of alkyl halides is 1. The molecule has 1 aromatic carbocycles. The maximum atomic E-state index is 11.5. The number of halogens is 1. The summed E-state index contributed by atoms with van der Waals surface area (Å²) in [5.41, 5.74) is 1.62. The van der Waals surface area contributed by atoms with Gasteiger partial charge in [0.15, 0.2) is 0 Å². The Kier molecular flexibility index (Phi) is 4.10. The summed E-state index contributed by atoms with van der Waals surface area (Å²) in [5, 5.41) is 9.42. The standard InChI is InChI=1S/C17H19ClN2O4/c18-7-15-19-16-13(20(15)8-12-3-4-23-12)5-11(17(21)22)6-14(16)24-9-10-1-2-10/h5-6,10,12H,1-4,7-9H2,(H,21,22)/t12-/m0/s1. The average Bonchev–Trinajstić information content (AvgIpc) is 3.28. The molecule has 0 spiro atoms. The van der Waals surface area contributed by atoms with Gasteiger partial charge in [-0.2, -0.15) is 0 Å². The third-order valence-corrected chi connectivity index (χ3v) is 4.85. The first-order valence-corrected chi connectivity index (χ1v) is 8.76. The lowest BCUT2D eigenvalue weighted by molar-refractivity contribution is -0.0589. The van der Waals surface area contributed by atoms with Gasteiger partial charge in [-0.1, -0.05) is 0 Å². The Morgan fingerprint density at radius 3 is 2.79 bits per heavy atom. The third-order valence-electron chi connectivity index (χ3n) is 4.62. The van der Waals surface area contributed by atoms with Crippen molar-refractivity contribution in [1.82, 2.24) is 9.55 Å². The summed E-state index contributed by atoms with van der Waals surface area (Å²) in [4.78, 5) is 16.1. The summed E-state index contributed by atoms with van der Waals surface area (Å²) in [7, 11) is 0. The van der Waals surface area contributed by atoms with E-state index in [-0.39, 0.29) is 17.5 Å². The first-order valence-electron chi connectivity index (χ1n) is 8.22. The molecule has 1 N–H and O–H groups in total. The van der Waals surface area contributed by atoms with E-state index in [0.29, 0.717) is 36.2 Å². The second-order valence-corrected chi connectivity index (χ2v) is 6.72. The zero-order valence-corrected chi connectivity index (χ0v) is 14.0. The number of benzene rings is 1. The number of aromatic carboxylic acids is 1. The molecule has 2 fully saturated rings. The molecule has 4 rings (SSSR count). The zero-order valence-electron chi connectivity index (χ0n) is 13.2. The normalized spacial score (nSPS) is 20.1. The summed E-state index contributed by atoms with van der Waals surface area (Å²) in [6.45, 7) is 2.00. The SMILES string of the molecule is O=C(O)c1cc(OCC2CC2)c2nc(CCl)n(C[C@@H]3CCO3)c2c1. The Bertz CT molecular complexity index is 780. The topological polar surface area (TPSA) is 73.6 Å². The van der Waals surface area contributed by atoms with E-state index in [1.54, 1.807) is 12.1 Å². The second-order valence-electron chi connectivity index (χ2n) is 6.46. The van der Waals surface area contributed by atoms with Crippen LogP contribution in [0.25, 0.3) is 11.0 Å². The molecule has 0 amide bonds. The van der Waals surface area contributed by atoms with Crippen LogP contribution in [0, 0.1) is 5.92 Å². The van der Waals surface area contributed by atoms with Crippen LogP contribution in [0.2, 0.25) is 0 Å². The lowest BCUT2D eigenvalue weighted by Crippen LogP contribution is -2.31. The van der Waals surface area contributed by atoms with Gasteiger partial charge in [0.05, 0.1) is 36.2 Å². The van der Waals surface area contributed by atoms with Gasteiger partial charge in [-0.3, -0.25) is 0 Å². The summed E-state index contributed by atoms with van der Waals surface area (Å²) in [6, 6.07) is 3.20. The van der Waals surface area contributed by atoms with Gasteiger partial charge in [0.1, 0.15) is 17.1 Å². The lowest BCUT2D eigenvalue weighted by atomic mass is 10.1. The molecule has 1 aliphatic carbocycles. The van der Waals surface area contributed by atoms with Gasteiger partial charge in [-0.05, 0) is 37.3 Å². The molecule has 1 aromatic heterocycles. The zero-order chi connectivity index (χ0) is 16.7. The van der Waals surface area contributed by atoms with Crippen LogP contribution >= 0.6 is 11.6 Å². The van der Waals surface area contributed by atoms with Crippen molar-refractivity contribution in [3.05, 3.63) is 23.5 Å². The summed E-state index contributed by atoms with van der Waals surface area (Å²) >= 11 is 6.06. The predicted molar refractivity (Wildman–Crippen MR) is 88.8 cm³/mol. The second kappa shape index (κ2) is 6.26. The highest BCUT2D eigenvalue weighted by Crippen LogP contribution is 2.33. The number of hydrogen-bond donors (Lipinski definition) is 1. The van der Waals surface area contributed by atoms with Gasteiger partial charge in [0.2, 0.25) is 0 Å². The van der Waals surface area contributed by atoms with Crippen molar-refractivity contribution < 1.29 is 19.4 Å². The molecule has 2 aromatic rings. The number of ether oxygens (including phenoxy) is 2. The number of aromatic nitrogens is 2. The number of fused-ring (bicyclic) bond motifs is 1. The minimum atomic E-state index is -0.978. The van der Waals surface area contributed by atoms with Gasteiger partial charge in [-0.15, -0.1) is 11.6 Å². The van der Waals surface area contributed by atoms with Crippen LogP contribution in [0.1, 0.15) is 35.4 Å². The van der Waals surface area contributed by atoms with Crippen LogP contribution in [-0.4, -0.2) is 39.9 Å². The molecule has 1 atom stereocenters. The highest BCUT2D eigenvalue weighted by Gasteiger charge is 2.25. The minimum Gasteiger partial charge on any atom is -0.491 e. The van der Waals surface area contributed by atoms with E-state index < -0.39 is 5.97 Å². The van der Waals surface area contributed by atoms with Crippen LogP contribution in [-0.2, 0) is 17.2 Å². The highest BCUT2D eigenvalue weighted by atomic mass is 35.5. The molecule has 24 heavy (non-hydrogen) atoms. The number of rotatable bonds is 7. The molecule has 0 bridgehead atoms. The smallest absolute Gasteiger partial charge is 0.335 e. The van der Waals surface area contributed by atoms with E-state index in [0.717, 1.165) is 18.5 Å². The maximum Gasteiger partial charge on any atom is 0.335 e. The van der Waals surface area contributed by atoms with Crippen molar-refractivity contribution in [3.8, 4) is 5.75 Å². The van der Waals surface area contributed by atoms with Crippen molar-refractivity contribution in [1.29, 1.82) is 0 Å². The molecular weight excluding hydrogens is 332 g/mol. The van der Waals surface area contributed by atoms with Crippen LogP contribution in [0.3, 0.4) is 0 Å². The molecule has 2 aliphatic rings. The largest absolute Gasteiger partial charge is 0.491 e. The van der Waals surface area contributed by atoms with E-state index >= 15 is 0 Å². The fourth-order valence-corrected chi connectivity index (χ4v) is 3.11. The van der Waals surface area contributed by atoms with Crippen molar-refractivity contribution in [2.24, 2.45) is 5.92 Å². The lowest BCUT2D eigenvalue weighted by Gasteiger charge is -2.27. The van der Waals surface area contributed by atoms with Crippen molar-refractivity contribution in [3.63, 3.8) is 0 Å². The van der Waals surface area contributed by atoms with E-state index in [9.17, 15) is 9.90 Å². The first kappa shape index (κ1) is 15.7. The highest BCUT2D eigenvalue weighted by molar-refractivity contribution is 6.17. The van der Waals surface area contributed by atoms with Crippen molar-refractivity contribution >= 4 is 28.6 Å². The summed E-state index contributed by atoms with van der Waals surface area (Å²) in [5.74, 6) is 1.09. The summed E-state index contributed by atoms with van der Waals surface area (Å²) < 4.78 is 13.3. The molecule has 1 aliphatic heterocycles. The monoisotopic (exact) mass is 350 g/mol. The molecule has 1 saturated carbocycles. The Labute approximate surface area is 144 Å². The first-order chi connectivity index (χ1) is 11.7. The fraction of sp³-hybridized carbons (Fsp3) is 0.529. The van der Waals surface area contributed by atoms with Crippen molar-refractivity contribution in [2.75, 3.05) is 13.2 Å². The average molecular weight is 351 g/mol. The van der Waals surface area contributed by atoms with Gasteiger partial charge < -0.3 is 19.1 Å². The molecule has 2 heterocycles. The van der Waals surface area contributed by atoms with E-state index in [4.69, 9.17) is 21.1 Å². The van der Waals surface area contributed by atoms with Crippen LogP contribution in [0.4, 0.5) is 0 Å². The summed E-state index contributed by atoms with van der Waals surface area (Å²) in [6.07, 6.45) is 3.46. The quantitative estimate of drug-likeness (QED) is 0.777. The Morgan fingerprint density at radius 2 is 2.21 bits per heavy atom. The van der Waals surface area contributed by atoms with Gasteiger partial charge >= 0.3 is 5.97 Å². The number of imidazole rings is 1. The third kappa shape index (κ3) is 2.96. The predicted octanol–water partition coefficient (Wildman–Crippen LogP) is 3.05. The number of nitrogens with zero attached hydrogens (tertiary/aromatic N) is 2. The number of hydrogen-bond acceptors (Lipinski definition) is 4. The maximum absolute atomic E-state index is 11.5. The van der Waals surface area contributed by atoms with Crippen LogP contribution in [0.15, 0.2) is 12.1 Å². The van der Waals surface area contributed by atoms with Crippen molar-refractivity contribution in [2.45, 2.75) is 37.8 Å². The van der Waals surface area contributed by atoms with Gasteiger partial charge in [-0.25, -0.2) is 9.78 Å². The number of carboxylic acids is 1. The molecule has 0 unspecified atom stereocenters. The number of carboxylic acid groups (broad SMARTS) is 1. The number of carbonyl (C=O) groups is 1. The van der Waals surface area contributed by atoms with E-state index in [2.05, 4.69) is 4.98 Å². The van der Waals surface area contributed by atoms with E-state index in [1.807, 2.05) is 4.57 Å². The van der Waals surface area contributed by atoms with Gasteiger partial charge in [0, 0.05) is 6.61 Å².